The number of carbonyl (C=O) groups excluding carboxylic acids is 1. The zero-order valence-corrected chi connectivity index (χ0v) is 12.1. The minimum atomic E-state index is -0.332. The first-order valence-corrected chi connectivity index (χ1v) is 6.70. The largest absolute Gasteiger partial charge is 0.455 e. The van der Waals surface area contributed by atoms with Crippen LogP contribution < -0.4 is 4.31 Å². The fourth-order valence-electron chi connectivity index (χ4n) is 2.24. The summed E-state index contributed by atoms with van der Waals surface area (Å²) in [6, 6.07) is 11.3. The fourth-order valence-corrected chi connectivity index (χ4v) is 2.36. The lowest BCUT2D eigenvalue weighted by molar-refractivity contribution is 0.112. The van der Waals surface area contributed by atoms with E-state index in [4.69, 9.17) is 4.42 Å². The molecule has 0 atom stereocenters. The van der Waals surface area contributed by atoms with Crippen LogP contribution in [0.5, 0.6) is 0 Å². The predicted octanol–water partition coefficient (Wildman–Crippen LogP) is 4.33. The molecule has 1 heterocycles. The van der Waals surface area contributed by atoms with Gasteiger partial charge in [0.2, 0.25) is 0 Å². The second-order valence-electron chi connectivity index (χ2n) is 4.67. The maximum atomic E-state index is 13.0. The topological polar surface area (TPSA) is 33.5 Å². The van der Waals surface area contributed by atoms with E-state index in [0.717, 1.165) is 17.4 Å². The number of hydrogen-bond acceptors (Lipinski definition) is 4. The summed E-state index contributed by atoms with van der Waals surface area (Å²) >= 11 is 4.23. The molecule has 0 bridgehead atoms. The Labute approximate surface area is 126 Å². The average Bonchev–Trinajstić information content (AvgIpc) is 2.85. The maximum Gasteiger partial charge on any atom is 0.154 e. The predicted molar refractivity (Wildman–Crippen MR) is 84.4 cm³/mol. The van der Waals surface area contributed by atoms with E-state index in [9.17, 15) is 9.18 Å². The van der Waals surface area contributed by atoms with Gasteiger partial charge in [-0.15, -0.1) is 0 Å². The van der Waals surface area contributed by atoms with Crippen LogP contribution in [0.15, 0.2) is 46.9 Å². The molecule has 3 aromatic rings. The van der Waals surface area contributed by atoms with Gasteiger partial charge in [0.1, 0.15) is 17.2 Å². The summed E-state index contributed by atoms with van der Waals surface area (Å²) in [5.41, 5.74) is 2.57. The van der Waals surface area contributed by atoms with Crippen LogP contribution in [0.4, 0.5) is 10.1 Å². The van der Waals surface area contributed by atoms with Crippen LogP contribution in [0.25, 0.3) is 22.3 Å². The molecule has 0 spiro atoms. The van der Waals surface area contributed by atoms with Crippen LogP contribution >= 0.6 is 12.8 Å². The van der Waals surface area contributed by atoms with Crippen LogP contribution in [-0.2, 0) is 0 Å². The summed E-state index contributed by atoms with van der Waals surface area (Å²) in [5.74, 6) is 0.112. The summed E-state index contributed by atoms with van der Waals surface area (Å²) in [4.78, 5) is 11.4. The highest BCUT2D eigenvalue weighted by atomic mass is 32.1. The monoisotopic (exact) mass is 301 g/mol. The Bertz CT molecular complexity index is 809. The number of hydrogen-bond donors (Lipinski definition) is 1. The smallest absolute Gasteiger partial charge is 0.154 e. The molecule has 3 rings (SSSR count). The minimum absolute atomic E-state index is 0.332. The van der Waals surface area contributed by atoms with Crippen molar-refractivity contribution in [3.63, 3.8) is 0 Å². The van der Waals surface area contributed by atoms with E-state index in [1.54, 1.807) is 23.5 Å². The minimum Gasteiger partial charge on any atom is -0.455 e. The SMILES string of the molecule is CN(S)c1ccc2c(C=O)c(-c3ccc(F)cc3)oc2c1. The zero-order chi connectivity index (χ0) is 15.0. The number of nitrogens with zero attached hydrogens (tertiary/aromatic N) is 1. The van der Waals surface area contributed by atoms with Crippen molar-refractivity contribution in [3.05, 3.63) is 53.8 Å². The third-order valence-electron chi connectivity index (χ3n) is 3.31. The Hall–Kier alpha value is -2.27. The van der Waals surface area contributed by atoms with E-state index in [1.165, 1.54) is 12.1 Å². The lowest BCUT2D eigenvalue weighted by Gasteiger charge is -2.09. The number of thiol groups is 1. The van der Waals surface area contributed by atoms with Gasteiger partial charge in [0, 0.05) is 24.1 Å². The van der Waals surface area contributed by atoms with Gasteiger partial charge in [0.25, 0.3) is 0 Å². The van der Waals surface area contributed by atoms with Crippen LogP contribution in [-0.4, -0.2) is 13.3 Å². The van der Waals surface area contributed by atoms with E-state index in [-0.39, 0.29) is 5.82 Å². The van der Waals surface area contributed by atoms with Crippen LogP contribution in [0.2, 0.25) is 0 Å². The Balaban J connectivity index is 2.22. The van der Waals surface area contributed by atoms with Crippen molar-refractivity contribution in [2.45, 2.75) is 0 Å². The number of halogens is 1. The van der Waals surface area contributed by atoms with Crippen LogP contribution in [0, 0.1) is 5.82 Å². The Morgan fingerprint density at radius 3 is 2.52 bits per heavy atom. The summed E-state index contributed by atoms with van der Waals surface area (Å²) in [7, 11) is 1.80. The lowest BCUT2D eigenvalue weighted by atomic mass is 10.1. The molecule has 1 aromatic heterocycles. The average molecular weight is 301 g/mol. The van der Waals surface area contributed by atoms with E-state index in [0.29, 0.717) is 22.5 Å². The number of furan rings is 1. The molecule has 2 aromatic carbocycles. The van der Waals surface area contributed by atoms with Gasteiger partial charge >= 0.3 is 0 Å². The summed E-state index contributed by atoms with van der Waals surface area (Å²) in [6.07, 6.45) is 0.759. The first-order chi connectivity index (χ1) is 10.1. The van der Waals surface area contributed by atoms with E-state index in [2.05, 4.69) is 12.8 Å². The molecule has 0 N–H and O–H groups in total. The number of rotatable bonds is 3. The van der Waals surface area contributed by atoms with Gasteiger partial charge in [-0.25, -0.2) is 4.39 Å². The summed E-state index contributed by atoms with van der Waals surface area (Å²) in [6.45, 7) is 0. The summed E-state index contributed by atoms with van der Waals surface area (Å²) in [5, 5.41) is 0.725. The van der Waals surface area contributed by atoms with Crippen molar-refractivity contribution in [2.75, 3.05) is 11.4 Å². The molecule has 5 heteroatoms. The molecular formula is C16H12FNO2S. The molecule has 106 valence electrons. The maximum absolute atomic E-state index is 13.0. The second-order valence-corrected chi connectivity index (χ2v) is 5.27. The normalized spacial score (nSPS) is 10.8. The molecule has 0 saturated heterocycles. The second kappa shape index (κ2) is 5.26. The van der Waals surface area contributed by atoms with Crippen molar-refractivity contribution in [1.29, 1.82) is 0 Å². The third-order valence-corrected chi connectivity index (χ3v) is 3.54. The number of benzene rings is 2. The van der Waals surface area contributed by atoms with Gasteiger partial charge < -0.3 is 8.72 Å². The van der Waals surface area contributed by atoms with Crippen LogP contribution in [0.1, 0.15) is 10.4 Å². The summed E-state index contributed by atoms with van der Waals surface area (Å²) < 4.78 is 20.5. The van der Waals surface area contributed by atoms with Gasteiger partial charge in [-0.1, -0.05) is 12.8 Å². The van der Waals surface area contributed by atoms with Gasteiger partial charge in [0.05, 0.1) is 11.3 Å². The third kappa shape index (κ3) is 2.40. The number of fused-ring (bicyclic) bond motifs is 1. The van der Waals surface area contributed by atoms with E-state index in [1.807, 2.05) is 18.2 Å². The molecule has 0 fully saturated rings. The Morgan fingerprint density at radius 1 is 1.19 bits per heavy atom. The van der Waals surface area contributed by atoms with E-state index < -0.39 is 0 Å². The van der Waals surface area contributed by atoms with Crippen molar-refractivity contribution in [2.24, 2.45) is 0 Å². The molecule has 0 amide bonds. The quantitative estimate of drug-likeness (QED) is 0.577. The van der Waals surface area contributed by atoms with Gasteiger partial charge in [-0.2, -0.15) is 0 Å². The molecule has 0 saturated carbocycles. The molecule has 0 radical (unpaired) electrons. The molecule has 0 aliphatic heterocycles. The zero-order valence-electron chi connectivity index (χ0n) is 11.2. The standard InChI is InChI=1S/C16H12FNO2S/c1-18(21)12-6-7-13-14(9-19)16(20-15(13)8-12)10-2-4-11(17)5-3-10/h2-9,21H,1H3. The molecule has 0 aliphatic rings. The van der Waals surface area contributed by atoms with Crippen molar-refractivity contribution in [1.82, 2.24) is 0 Å². The number of carbonyl (C=O) groups is 1. The first-order valence-electron chi connectivity index (χ1n) is 6.30. The Kier molecular flexibility index (Phi) is 3.43. The van der Waals surface area contributed by atoms with Crippen molar-refractivity contribution >= 4 is 35.8 Å². The molecule has 0 unspecified atom stereocenters. The molecule has 21 heavy (non-hydrogen) atoms. The van der Waals surface area contributed by atoms with Crippen molar-refractivity contribution in [3.8, 4) is 11.3 Å². The van der Waals surface area contributed by atoms with Crippen LogP contribution in [0.3, 0.4) is 0 Å². The molecule has 0 aliphatic carbocycles. The van der Waals surface area contributed by atoms with Gasteiger partial charge in [-0.05, 0) is 36.4 Å². The van der Waals surface area contributed by atoms with Gasteiger partial charge in [-0.3, -0.25) is 4.79 Å². The Morgan fingerprint density at radius 2 is 1.90 bits per heavy atom. The first kappa shape index (κ1) is 13.7. The van der Waals surface area contributed by atoms with Crippen molar-refractivity contribution < 1.29 is 13.6 Å². The number of aldehydes is 1. The fraction of sp³-hybridized carbons (Fsp3) is 0.0625. The van der Waals surface area contributed by atoms with E-state index >= 15 is 0 Å². The molecular weight excluding hydrogens is 289 g/mol. The van der Waals surface area contributed by atoms with Gasteiger partial charge in [0.15, 0.2) is 6.29 Å². The number of anilines is 1. The highest BCUT2D eigenvalue weighted by Crippen LogP contribution is 2.34. The molecule has 3 nitrogen and oxygen atoms in total. The lowest BCUT2D eigenvalue weighted by Crippen LogP contribution is -1.99. The highest BCUT2D eigenvalue weighted by Gasteiger charge is 2.16. The highest BCUT2D eigenvalue weighted by molar-refractivity contribution is 7.81.